The minimum Gasteiger partial charge on any atom is -0.507 e. The molecule has 0 heterocycles. The van der Waals surface area contributed by atoms with Crippen molar-refractivity contribution in [2.45, 2.75) is 79.1 Å². The first-order valence-corrected chi connectivity index (χ1v) is 8.85. The minimum absolute atomic E-state index is 0.155. The van der Waals surface area contributed by atoms with Crippen LogP contribution in [0.4, 0.5) is 0 Å². The quantitative estimate of drug-likeness (QED) is 0.760. The molecule has 3 heteroatoms. The predicted octanol–water partition coefficient (Wildman–Crippen LogP) is 5.12. The summed E-state index contributed by atoms with van der Waals surface area (Å²) in [7, 11) is 0. The largest absolute Gasteiger partial charge is 0.507 e. The molecule has 0 aliphatic heterocycles. The van der Waals surface area contributed by atoms with E-state index in [-0.39, 0.29) is 16.8 Å². The maximum absolute atomic E-state index is 11.9. The molecule has 1 N–H and O–H groups in total. The third-order valence-electron chi connectivity index (χ3n) is 3.98. The Kier molecular flexibility index (Phi) is 6.49. The highest BCUT2D eigenvalue weighted by atomic mass is 16.5. The lowest BCUT2D eigenvalue weighted by Gasteiger charge is -2.28. The number of aryl methyl sites for hydroxylation is 1. The zero-order valence-electron chi connectivity index (χ0n) is 16.6. The summed E-state index contributed by atoms with van der Waals surface area (Å²) in [6.07, 6.45) is 0.994. The van der Waals surface area contributed by atoms with Crippen LogP contribution in [0.3, 0.4) is 0 Å². The summed E-state index contributed by atoms with van der Waals surface area (Å²) < 4.78 is 5.26. The number of benzene rings is 1. The summed E-state index contributed by atoms with van der Waals surface area (Å²) in [5.41, 5.74) is 2.63. The van der Waals surface area contributed by atoms with E-state index in [1.54, 1.807) is 0 Å². The minimum atomic E-state index is -0.161. The second-order valence-corrected chi connectivity index (χ2v) is 9.12. The van der Waals surface area contributed by atoms with E-state index >= 15 is 0 Å². The van der Waals surface area contributed by atoms with Crippen LogP contribution in [0.25, 0.3) is 0 Å². The Bertz CT molecular complexity index is 537. The molecule has 24 heavy (non-hydrogen) atoms. The van der Waals surface area contributed by atoms with Crippen LogP contribution in [-0.2, 0) is 26.8 Å². The van der Waals surface area contributed by atoms with Crippen molar-refractivity contribution in [3.05, 3.63) is 28.8 Å². The van der Waals surface area contributed by atoms with Crippen LogP contribution in [0.5, 0.6) is 5.75 Å². The van der Waals surface area contributed by atoms with E-state index < -0.39 is 0 Å². The fourth-order valence-corrected chi connectivity index (χ4v) is 2.56. The molecule has 0 aliphatic carbocycles. The summed E-state index contributed by atoms with van der Waals surface area (Å²) in [6.45, 7) is 17.1. The van der Waals surface area contributed by atoms with Crippen molar-refractivity contribution < 1.29 is 14.6 Å². The highest BCUT2D eigenvalue weighted by Gasteiger charge is 2.26. The lowest BCUT2D eigenvalue weighted by atomic mass is 9.78. The Balaban J connectivity index is 3.05. The summed E-state index contributed by atoms with van der Waals surface area (Å²) in [6, 6.07) is 4.06. The number of hydrogen-bond acceptors (Lipinski definition) is 3. The Morgan fingerprint density at radius 2 is 1.50 bits per heavy atom. The second kappa shape index (κ2) is 7.58. The highest BCUT2D eigenvalue weighted by Crippen LogP contribution is 2.39. The number of aromatic hydroxyl groups is 1. The number of ether oxygens (including phenoxy) is 1. The lowest BCUT2D eigenvalue weighted by molar-refractivity contribution is -0.144. The topological polar surface area (TPSA) is 46.5 Å². The first kappa shape index (κ1) is 20.5. The molecule has 0 spiro atoms. The van der Waals surface area contributed by atoms with Gasteiger partial charge in [-0.05, 0) is 39.9 Å². The van der Waals surface area contributed by atoms with Crippen LogP contribution in [0.2, 0.25) is 0 Å². The second-order valence-electron chi connectivity index (χ2n) is 9.12. The number of hydrogen-bond donors (Lipinski definition) is 1. The monoisotopic (exact) mass is 334 g/mol. The average molecular weight is 335 g/mol. The van der Waals surface area contributed by atoms with E-state index in [1.165, 1.54) is 0 Å². The van der Waals surface area contributed by atoms with Gasteiger partial charge in [-0.15, -0.1) is 0 Å². The molecule has 0 amide bonds. The van der Waals surface area contributed by atoms with Gasteiger partial charge < -0.3 is 9.84 Å². The molecule has 0 aliphatic rings. The Hall–Kier alpha value is -1.51. The average Bonchev–Trinajstić information content (AvgIpc) is 2.41. The van der Waals surface area contributed by atoms with Crippen molar-refractivity contribution in [3.63, 3.8) is 0 Å². The van der Waals surface area contributed by atoms with Gasteiger partial charge in [0.2, 0.25) is 0 Å². The van der Waals surface area contributed by atoms with Crippen LogP contribution in [0.15, 0.2) is 12.1 Å². The molecule has 1 aromatic rings. The number of carbonyl (C=O) groups excluding carboxylic acids is 1. The zero-order chi connectivity index (χ0) is 18.7. The first-order valence-electron chi connectivity index (χ1n) is 8.85. The Morgan fingerprint density at radius 1 is 1.04 bits per heavy atom. The van der Waals surface area contributed by atoms with Crippen molar-refractivity contribution >= 4 is 5.97 Å². The van der Waals surface area contributed by atoms with E-state index in [0.717, 1.165) is 16.7 Å². The van der Waals surface area contributed by atoms with E-state index in [2.05, 4.69) is 41.5 Å². The molecule has 0 radical (unpaired) electrons. The van der Waals surface area contributed by atoms with E-state index in [1.807, 2.05) is 26.0 Å². The molecule has 0 saturated heterocycles. The van der Waals surface area contributed by atoms with Gasteiger partial charge in [0.05, 0.1) is 6.61 Å². The molecule has 1 aromatic carbocycles. The first-order chi connectivity index (χ1) is 10.8. The van der Waals surface area contributed by atoms with Crippen molar-refractivity contribution in [1.82, 2.24) is 0 Å². The van der Waals surface area contributed by atoms with Gasteiger partial charge in [0.1, 0.15) is 5.75 Å². The van der Waals surface area contributed by atoms with E-state index in [9.17, 15) is 9.90 Å². The fourth-order valence-electron chi connectivity index (χ4n) is 2.56. The van der Waals surface area contributed by atoms with Gasteiger partial charge in [0.15, 0.2) is 0 Å². The van der Waals surface area contributed by atoms with Gasteiger partial charge in [-0.25, -0.2) is 0 Å². The summed E-state index contributed by atoms with van der Waals surface area (Å²) in [4.78, 5) is 11.9. The number of phenolic OH excluding ortho intramolecular Hbond substituents is 1. The van der Waals surface area contributed by atoms with Gasteiger partial charge in [-0.2, -0.15) is 0 Å². The smallest absolute Gasteiger partial charge is 0.306 e. The molecule has 0 aromatic heterocycles. The molecule has 3 nitrogen and oxygen atoms in total. The Labute approximate surface area is 147 Å². The molecule has 0 bridgehead atoms. The number of carbonyl (C=O) groups is 1. The highest BCUT2D eigenvalue weighted by molar-refractivity contribution is 5.69. The van der Waals surface area contributed by atoms with E-state index in [4.69, 9.17) is 4.74 Å². The molecule has 0 atom stereocenters. The van der Waals surface area contributed by atoms with Crippen molar-refractivity contribution in [2.75, 3.05) is 6.61 Å². The van der Waals surface area contributed by atoms with Gasteiger partial charge in [-0.1, -0.05) is 67.5 Å². The lowest BCUT2D eigenvalue weighted by Crippen LogP contribution is -2.18. The van der Waals surface area contributed by atoms with Crippen LogP contribution >= 0.6 is 0 Å². The summed E-state index contributed by atoms with van der Waals surface area (Å²) in [5, 5.41) is 10.7. The van der Waals surface area contributed by atoms with Gasteiger partial charge in [0, 0.05) is 6.42 Å². The normalized spacial score (nSPS) is 12.5. The van der Waals surface area contributed by atoms with Gasteiger partial charge in [-0.3, -0.25) is 4.79 Å². The van der Waals surface area contributed by atoms with Crippen LogP contribution in [0.1, 0.15) is 78.5 Å². The van der Waals surface area contributed by atoms with Gasteiger partial charge in [0.25, 0.3) is 0 Å². The zero-order valence-corrected chi connectivity index (χ0v) is 16.6. The molecule has 0 unspecified atom stereocenters. The predicted molar refractivity (Wildman–Crippen MR) is 99.6 cm³/mol. The van der Waals surface area contributed by atoms with Crippen LogP contribution < -0.4 is 0 Å². The van der Waals surface area contributed by atoms with Crippen molar-refractivity contribution in [3.8, 4) is 5.75 Å². The standard InChI is InChI=1S/C21H34O3/c1-14(2)13-24-18(22)10-9-15-11-16(20(3,4)5)19(23)17(12-15)21(6,7)8/h11-12,14,23H,9-10,13H2,1-8H3. The summed E-state index contributed by atoms with van der Waals surface area (Å²) in [5.74, 6) is 0.565. The Morgan fingerprint density at radius 3 is 1.88 bits per heavy atom. The molecule has 136 valence electrons. The molecule has 0 fully saturated rings. The maximum Gasteiger partial charge on any atom is 0.306 e. The van der Waals surface area contributed by atoms with E-state index in [0.29, 0.717) is 31.1 Å². The maximum atomic E-state index is 11.9. The van der Waals surface area contributed by atoms with Crippen molar-refractivity contribution in [2.24, 2.45) is 5.92 Å². The third kappa shape index (κ3) is 5.85. The fraction of sp³-hybridized carbons (Fsp3) is 0.667. The van der Waals surface area contributed by atoms with Crippen molar-refractivity contribution in [1.29, 1.82) is 0 Å². The molecular weight excluding hydrogens is 300 g/mol. The molecule has 0 saturated carbocycles. The van der Waals surface area contributed by atoms with Crippen LogP contribution in [0, 0.1) is 5.92 Å². The number of rotatable bonds is 5. The number of phenols is 1. The van der Waals surface area contributed by atoms with Gasteiger partial charge >= 0.3 is 5.97 Å². The third-order valence-corrected chi connectivity index (χ3v) is 3.98. The summed E-state index contributed by atoms with van der Waals surface area (Å²) >= 11 is 0. The number of esters is 1. The molecular formula is C21H34O3. The molecule has 1 rings (SSSR count). The SMILES string of the molecule is CC(C)COC(=O)CCc1cc(C(C)(C)C)c(O)c(C(C)(C)C)c1. The van der Waals surface area contributed by atoms with Crippen LogP contribution in [-0.4, -0.2) is 17.7 Å².